The second-order valence-corrected chi connectivity index (χ2v) is 16.5. The molecular formula is C43H83NO5S. The minimum absolute atomic E-state index is 0.168. The van der Waals surface area contributed by atoms with Gasteiger partial charge in [0.1, 0.15) is 0 Å². The number of unbranched alkanes of at least 4 members (excludes halogenated alkanes) is 28. The summed E-state index contributed by atoms with van der Waals surface area (Å²) in [6.45, 7) is 4.25. The third-order valence-electron chi connectivity index (χ3n) is 9.69. The molecule has 1 amide bonds. The average Bonchev–Trinajstić information content (AvgIpc) is 3.08. The summed E-state index contributed by atoms with van der Waals surface area (Å²) in [4.78, 5) is 12.6. The lowest BCUT2D eigenvalue weighted by Gasteiger charge is -2.21. The van der Waals surface area contributed by atoms with Crippen molar-refractivity contribution in [2.75, 3.05) is 12.9 Å². The van der Waals surface area contributed by atoms with Gasteiger partial charge in [0, 0.05) is 6.42 Å². The van der Waals surface area contributed by atoms with E-state index in [-0.39, 0.29) is 12.5 Å². The van der Waals surface area contributed by atoms with E-state index in [1.54, 1.807) is 6.08 Å². The first-order valence-electron chi connectivity index (χ1n) is 21.4. The molecule has 6 nitrogen and oxygen atoms in total. The van der Waals surface area contributed by atoms with E-state index in [1.807, 2.05) is 6.08 Å². The molecule has 296 valence electrons. The Hall–Kier alpha value is -1.18. The van der Waals surface area contributed by atoms with Crippen LogP contribution in [0.5, 0.6) is 0 Å². The van der Waals surface area contributed by atoms with E-state index >= 15 is 0 Å². The van der Waals surface area contributed by atoms with Crippen LogP contribution in [0, 0.1) is 0 Å². The molecule has 0 aromatic rings. The first kappa shape index (κ1) is 48.8. The minimum atomic E-state index is -3.67. The standard InChI is InChI=1S/C43H83NO5S/c1-4-6-8-10-12-14-16-18-19-20-21-22-23-24-25-27-29-31-33-35-37-39-43(46)44-41(40-49-50(3,47)48)42(45)38-36-34-32-30-28-26-17-15-13-11-9-7-5-2/h18-19,36,38,41-42,45H,4-17,20-35,37,39-40H2,1-3H3,(H,44,46)/b19-18-,38-36+/t41-,42+/m0/s1. The van der Waals surface area contributed by atoms with Crippen molar-refractivity contribution in [1.82, 2.24) is 5.32 Å². The Bertz CT molecular complexity index is 888. The number of amides is 1. The van der Waals surface area contributed by atoms with Crippen LogP contribution >= 0.6 is 0 Å². The third kappa shape index (κ3) is 38.1. The summed E-state index contributed by atoms with van der Waals surface area (Å²) in [6.07, 6.45) is 47.9. The van der Waals surface area contributed by atoms with Crippen molar-refractivity contribution in [1.29, 1.82) is 0 Å². The highest BCUT2D eigenvalue weighted by Crippen LogP contribution is 2.15. The lowest BCUT2D eigenvalue weighted by atomic mass is 10.0. The first-order chi connectivity index (χ1) is 24.3. The number of hydrogen-bond donors (Lipinski definition) is 2. The molecule has 0 bridgehead atoms. The molecule has 0 fully saturated rings. The largest absolute Gasteiger partial charge is 0.387 e. The Morgan fingerprint density at radius 1 is 0.560 bits per heavy atom. The van der Waals surface area contributed by atoms with Crippen molar-refractivity contribution in [3.05, 3.63) is 24.3 Å². The van der Waals surface area contributed by atoms with Gasteiger partial charge in [-0.15, -0.1) is 0 Å². The fourth-order valence-corrected chi connectivity index (χ4v) is 6.81. The van der Waals surface area contributed by atoms with Gasteiger partial charge in [0.15, 0.2) is 0 Å². The molecule has 7 heteroatoms. The molecule has 0 unspecified atom stereocenters. The molecule has 0 radical (unpaired) electrons. The highest BCUT2D eigenvalue weighted by atomic mass is 32.2. The van der Waals surface area contributed by atoms with Gasteiger partial charge in [0.25, 0.3) is 10.1 Å². The van der Waals surface area contributed by atoms with E-state index < -0.39 is 22.3 Å². The maximum absolute atomic E-state index is 12.6. The number of carbonyl (C=O) groups is 1. The van der Waals surface area contributed by atoms with Crippen molar-refractivity contribution in [2.24, 2.45) is 0 Å². The van der Waals surface area contributed by atoms with Gasteiger partial charge in [-0.05, 0) is 44.9 Å². The summed E-state index contributed by atoms with van der Waals surface area (Å²) in [5.74, 6) is -0.168. The van der Waals surface area contributed by atoms with Crippen LogP contribution in [-0.4, -0.2) is 44.4 Å². The topological polar surface area (TPSA) is 92.7 Å². The molecule has 0 saturated heterocycles. The van der Waals surface area contributed by atoms with Crippen LogP contribution in [0.4, 0.5) is 0 Å². The summed E-state index contributed by atoms with van der Waals surface area (Å²) < 4.78 is 28.1. The molecule has 2 atom stereocenters. The van der Waals surface area contributed by atoms with Gasteiger partial charge in [-0.25, -0.2) is 0 Å². The SMILES string of the molecule is CCCCCCCC/C=C\CCCCCCCCCCCCCC(=O)N[C@@H](COS(C)(=O)=O)[C@H](O)/C=C/CCCCCCCCCCCCC. The molecule has 50 heavy (non-hydrogen) atoms. The molecule has 0 saturated carbocycles. The van der Waals surface area contributed by atoms with Crippen molar-refractivity contribution in [3.8, 4) is 0 Å². The minimum Gasteiger partial charge on any atom is -0.387 e. The number of nitrogens with one attached hydrogen (secondary N) is 1. The zero-order valence-corrected chi connectivity index (χ0v) is 34.1. The van der Waals surface area contributed by atoms with E-state index in [1.165, 1.54) is 167 Å². The number of hydrogen-bond acceptors (Lipinski definition) is 5. The molecule has 0 spiro atoms. The summed E-state index contributed by atoms with van der Waals surface area (Å²) in [5.41, 5.74) is 0. The Morgan fingerprint density at radius 3 is 1.28 bits per heavy atom. The van der Waals surface area contributed by atoms with E-state index in [2.05, 4.69) is 31.3 Å². The summed E-state index contributed by atoms with van der Waals surface area (Å²) in [5, 5.41) is 13.5. The van der Waals surface area contributed by atoms with Crippen LogP contribution in [0.2, 0.25) is 0 Å². The lowest BCUT2D eigenvalue weighted by Crippen LogP contribution is -2.46. The van der Waals surface area contributed by atoms with E-state index in [4.69, 9.17) is 4.18 Å². The van der Waals surface area contributed by atoms with Crippen molar-refractivity contribution in [2.45, 2.75) is 231 Å². The summed E-state index contributed by atoms with van der Waals surface area (Å²) in [6, 6.07) is -0.794. The van der Waals surface area contributed by atoms with Gasteiger partial charge in [0.05, 0.1) is 25.0 Å². The Kier molecular flexibility index (Phi) is 36.7. The predicted octanol–water partition coefficient (Wildman–Crippen LogP) is 12.4. The van der Waals surface area contributed by atoms with Crippen molar-refractivity contribution < 1.29 is 22.5 Å². The number of aliphatic hydroxyl groups is 1. The van der Waals surface area contributed by atoms with Gasteiger partial charge in [-0.3, -0.25) is 8.98 Å². The Balaban J connectivity index is 3.91. The van der Waals surface area contributed by atoms with Gasteiger partial charge in [0.2, 0.25) is 5.91 Å². The molecule has 0 heterocycles. The normalized spacial score (nSPS) is 13.4. The molecule has 0 rings (SSSR count). The Labute approximate surface area is 311 Å². The quantitative estimate of drug-likeness (QED) is 0.0374. The molecule has 0 aliphatic carbocycles. The maximum atomic E-state index is 12.6. The maximum Gasteiger partial charge on any atom is 0.264 e. The second-order valence-electron chi connectivity index (χ2n) is 14.9. The molecule has 0 aromatic heterocycles. The van der Waals surface area contributed by atoms with Crippen LogP contribution in [0.15, 0.2) is 24.3 Å². The molecule has 0 aliphatic heterocycles. The van der Waals surface area contributed by atoms with Crippen molar-refractivity contribution >= 4 is 16.0 Å². The first-order valence-corrected chi connectivity index (χ1v) is 23.2. The fourth-order valence-electron chi connectivity index (χ4n) is 6.41. The summed E-state index contributed by atoms with van der Waals surface area (Å²) in [7, 11) is -3.67. The van der Waals surface area contributed by atoms with Gasteiger partial charge in [-0.1, -0.05) is 192 Å². The van der Waals surface area contributed by atoms with Crippen LogP contribution in [0.3, 0.4) is 0 Å². The predicted molar refractivity (Wildman–Crippen MR) is 216 cm³/mol. The zero-order valence-electron chi connectivity index (χ0n) is 33.3. The van der Waals surface area contributed by atoms with Crippen LogP contribution in [0.1, 0.15) is 219 Å². The monoisotopic (exact) mass is 726 g/mol. The number of allylic oxidation sites excluding steroid dienone is 3. The van der Waals surface area contributed by atoms with E-state index in [9.17, 15) is 18.3 Å². The van der Waals surface area contributed by atoms with Gasteiger partial charge in [-0.2, -0.15) is 8.42 Å². The van der Waals surface area contributed by atoms with Crippen molar-refractivity contribution in [3.63, 3.8) is 0 Å². The summed E-state index contributed by atoms with van der Waals surface area (Å²) >= 11 is 0. The Morgan fingerprint density at radius 2 is 0.900 bits per heavy atom. The fraction of sp³-hybridized carbons (Fsp3) is 0.884. The zero-order chi connectivity index (χ0) is 36.8. The molecule has 0 aromatic carbocycles. The molecule has 2 N–H and O–H groups in total. The van der Waals surface area contributed by atoms with Crippen LogP contribution in [-0.2, 0) is 19.1 Å². The third-order valence-corrected chi connectivity index (χ3v) is 10.3. The highest BCUT2D eigenvalue weighted by Gasteiger charge is 2.21. The smallest absolute Gasteiger partial charge is 0.264 e. The molecular weight excluding hydrogens is 643 g/mol. The van der Waals surface area contributed by atoms with Gasteiger partial charge >= 0.3 is 0 Å². The van der Waals surface area contributed by atoms with Gasteiger partial charge < -0.3 is 10.4 Å². The second kappa shape index (κ2) is 37.6. The van der Waals surface area contributed by atoms with E-state index in [0.717, 1.165) is 38.4 Å². The van der Waals surface area contributed by atoms with Crippen LogP contribution < -0.4 is 5.32 Å². The average molecular weight is 726 g/mol. The van der Waals surface area contributed by atoms with Crippen LogP contribution in [0.25, 0.3) is 0 Å². The lowest BCUT2D eigenvalue weighted by molar-refractivity contribution is -0.122. The molecule has 0 aliphatic rings. The number of rotatable bonds is 39. The number of aliphatic hydroxyl groups excluding tert-OH is 1. The number of carbonyl (C=O) groups excluding carboxylic acids is 1. The highest BCUT2D eigenvalue weighted by molar-refractivity contribution is 7.85. The van der Waals surface area contributed by atoms with E-state index in [0.29, 0.717) is 6.42 Å².